The molecule has 116 valence electrons. The second-order valence-electron chi connectivity index (χ2n) is 4.92. The van der Waals surface area contributed by atoms with E-state index >= 15 is 0 Å². The minimum atomic E-state index is -3.72. The Morgan fingerprint density at radius 2 is 2.00 bits per heavy atom. The van der Waals surface area contributed by atoms with Crippen molar-refractivity contribution in [2.24, 2.45) is 0 Å². The van der Waals surface area contributed by atoms with Gasteiger partial charge in [-0.05, 0) is 53.4 Å². The molecule has 8 heteroatoms. The molecular formula is C13H16Br2N2O3S. The van der Waals surface area contributed by atoms with E-state index in [1.807, 2.05) is 6.92 Å². The third-order valence-corrected chi connectivity index (χ3v) is 7.27. The predicted molar refractivity (Wildman–Crippen MR) is 87.6 cm³/mol. The number of benzene rings is 1. The number of likely N-dealkylation sites (N-methyl/N-ethyl adjacent to an activating group) is 1. The lowest BCUT2D eigenvalue weighted by Gasteiger charge is -2.23. The second kappa shape index (κ2) is 6.36. The van der Waals surface area contributed by atoms with Crippen LogP contribution in [0.25, 0.3) is 0 Å². The molecule has 1 amide bonds. The fraction of sp³-hybridized carbons (Fsp3) is 0.462. The van der Waals surface area contributed by atoms with E-state index in [2.05, 4.69) is 37.2 Å². The zero-order valence-corrected chi connectivity index (χ0v) is 15.7. The number of hydrogen-bond acceptors (Lipinski definition) is 3. The third-order valence-electron chi connectivity index (χ3n) is 3.55. The smallest absolute Gasteiger partial charge is 0.244 e. The van der Waals surface area contributed by atoms with Crippen LogP contribution in [0.15, 0.2) is 26.0 Å². The number of halogens is 2. The van der Waals surface area contributed by atoms with Gasteiger partial charge in [0.25, 0.3) is 0 Å². The highest BCUT2D eigenvalue weighted by atomic mass is 79.9. The van der Waals surface area contributed by atoms with Gasteiger partial charge in [0.05, 0.1) is 4.90 Å². The monoisotopic (exact) mass is 438 g/mol. The first-order valence-corrected chi connectivity index (χ1v) is 9.50. The van der Waals surface area contributed by atoms with Crippen LogP contribution in [0.2, 0.25) is 0 Å². The van der Waals surface area contributed by atoms with Crippen LogP contribution in [0.1, 0.15) is 18.4 Å². The molecule has 1 aromatic rings. The van der Waals surface area contributed by atoms with Crippen molar-refractivity contribution in [3.05, 3.63) is 26.6 Å². The Bertz CT molecular complexity index is 676. The molecule has 21 heavy (non-hydrogen) atoms. The Labute approximate surface area is 141 Å². The van der Waals surface area contributed by atoms with E-state index in [0.717, 1.165) is 10.0 Å². The van der Waals surface area contributed by atoms with Crippen molar-refractivity contribution in [2.45, 2.75) is 30.7 Å². The first kappa shape index (κ1) is 16.9. The maximum atomic E-state index is 12.8. The first-order valence-electron chi connectivity index (χ1n) is 6.48. The summed E-state index contributed by atoms with van der Waals surface area (Å²) < 4.78 is 28.2. The van der Waals surface area contributed by atoms with Crippen LogP contribution in [-0.2, 0) is 14.8 Å². The Kier molecular flexibility index (Phi) is 5.12. The summed E-state index contributed by atoms with van der Waals surface area (Å²) in [5.41, 5.74) is 0.935. The van der Waals surface area contributed by atoms with Gasteiger partial charge in [0.1, 0.15) is 6.04 Å². The van der Waals surface area contributed by atoms with Crippen LogP contribution in [0.5, 0.6) is 0 Å². The molecule has 1 aliphatic heterocycles. The quantitative estimate of drug-likeness (QED) is 0.786. The molecule has 1 N–H and O–H groups in total. The Morgan fingerprint density at radius 1 is 1.33 bits per heavy atom. The molecule has 0 radical (unpaired) electrons. The number of carbonyl (C=O) groups excluding carboxylic acids is 1. The summed E-state index contributed by atoms with van der Waals surface area (Å²) in [6, 6.07) is 2.70. The maximum absolute atomic E-state index is 12.8. The number of rotatable bonds is 3. The van der Waals surface area contributed by atoms with E-state index in [9.17, 15) is 13.2 Å². The summed E-state index contributed by atoms with van der Waals surface area (Å²) in [5, 5.41) is 2.53. The Morgan fingerprint density at radius 3 is 2.62 bits per heavy atom. The van der Waals surface area contributed by atoms with Crippen molar-refractivity contribution in [3.63, 3.8) is 0 Å². The van der Waals surface area contributed by atoms with E-state index in [1.54, 1.807) is 12.1 Å². The van der Waals surface area contributed by atoms with Crippen molar-refractivity contribution in [1.29, 1.82) is 0 Å². The van der Waals surface area contributed by atoms with Crippen molar-refractivity contribution >= 4 is 47.8 Å². The molecule has 1 atom stereocenters. The SMILES string of the molecule is CNC(=O)C1CCCN1S(=O)(=O)c1cc(Br)c(C)cc1Br. The van der Waals surface area contributed by atoms with Crippen LogP contribution in [0.4, 0.5) is 0 Å². The lowest BCUT2D eigenvalue weighted by Crippen LogP contribution is -2.44. The van der Waals surface area contributed by atoms with Gasteiger partial charge in [-0.15, -0.1) is 0 Å². The summed E-state index contributed by atoms with van der Waals surface area (Å²) in [4.78, 5) is 12.0. The molecule has 5 nitrogen and oxygen atoms in total. The summed E-state index contributed by atoms with van der Waals surface area (Å²) in [5.74, 6) is -0.265. The summed E-state index contributed by atoms with van der Waals surface area (Å²) in [6.45, 7) is 2.24. The fourth-order valence-corrected chi connectivity index (χ4v) is 5.71. The minimum Gasteiger partial charge on any atom is -0.358 e. The van der Waals surface area contributed by atoms with E-state index in [0.29, 0.717) is 23.9 Å². The Hall–Kier alpha value is -0.440. The van der Waals surface area contributed by atoms with Crippen LogP contribution in [0.3, 0.4) is 0 Å². The number of hydrogen-bond donors (Lipinski definition) is 1. The normalized spacial score (nSPS) is 19.7. The van der Waals surface area contributed by atoms with E-state index in [1.165, 1.54) is 11.4 Å². The second-order valence-corrected chi connectivity index (χ2v) is 8.49. The van der Waals surface area contributed by atoms with Crippen molar-refractivity contribution in [2.75, 3.05) is 13.6 Å². The van der Waals surface area contributed by atoms with Crippen molar-refractivity contribution in [3.8, 4) is 0 Å². The zero-order valence-electron chi connectivity index (χ0n) is 11.7. The van der Waals surface area contributed by atoms with Crippen molar-refractivity contribution < 1.29 is 13.2 Å². The van der Waals surface area contributed by atoms with Crippen LogP contribution in [-0.4, -0.2) is 38.3 Å². The number of aryl methyl sites for hydroxylation is 1. The molecule has 0 aromatic heterocycles. The molecule has 0 aliphatic carbocycles. The van der Waals surface area contributed by atoms with Gasteiger partial charge in [-0.1, -0.05) is 15.9 Å². The largest absolute Gasteiger partial charge is 0.358 e. The predicted octanol–water partition coefficient (Wildman–Crippen LogP) is 2.42. The van der Waals surface area contributed by atoms with E-state index < -0.39 is 16.1 Å². The number of amides is 1. The molecule has 0 bridgehead atoms. The molecule has 2 rings (SSSR count). The van der Waals surface area contributed by atoms with Crippen molar-refractivity contribution in [1.82, 2.24) is 9.62 Å². The van der Waals surface area contributed by atoms with Gasteiger partial charge >= 0.3 is 0 Å². The van der Waals surface area contributed by atoms with Crippen LogP contribution >= 0.6 is 31.9 Å². The summed E-state index contributed by atoms with van der Waals surface area (Å²) in [7, 11) is -2.20. The van der Waals surface area contributed by atoms with Gasteiger partial charge in [-0.2, -0.15) is 4.31 Å². The highest BCUT2D eigenvalue weighted by molar-refractivity contribution is 9.11. The molecule has 1 unspecified atom stereocenters. The lowest BCUT2D eigenvalue weighted by atomic mass is 10.2. The average Bonchev–Trinajstić information content (AvgIpc) is 2.91. The first-order chi connectivity index (χ1) is 9.78. The molecule has 1 heterocycles. The molecule has 1 aromatic carbocycles. The standard InChI is InChI=1S/C13H16Br2N2O3S/c1-8-6-10(15)12(7-9(8)14)21(19,20)17-5-3-4-11(17)13(18)16-2/h6-7,11H,3-5H2,1-2H3,(H,16,18). The van der Waals surface area contributed by atoms with Gasteiger partial charge in [0, 0.05) is 22.5 Å². The summed E-state index contributed by atoms with van der Waals surface area (Å²) in [6.07, 6.45) is 1.23. The third kappa shape index (κ3) is 3.18. The number of nitrogens with zero attached hydrogens (tertiary/aromatic N) is 1. The van der Waals surface area contributed by atoms with Crippen LogP contribution < -0.4 is 5.32 Å². The van der Waals surface area contributed by atoms with Gasteiger partial charge in [-0.25, -0.2) is 8.42 Å². The molecule has 1 fully saturated rings. The van der Waals surface area contributed by atoms with Gasteiger partial charge < -0.3 is 5.32 Å². The molecule has 1 saturated heterocycles. The molecule has 0 saturated carbocycles. The van der Waals surface area contributed by atoms with Gasteiger partial charge in [-0.3, -0.25) is 4.79 Å². The minimum absolute atomic E-state index is 0.177. The Balaban J connectivity index is 2.47. The van der Waals surface area contributed by atoms with Gasteiger partial charge in [0.15, 0.2) is 0 Å². The highest BCUT2D eigenvalue weighted by Crippen LogP contribution is 2.33. The van der Waals surface area contributed by atoms with E-state index in [-0.39, 0.29) is 10.8 Å². The lowest BCUT2D eigenvalue weighted by molar-refractivity contribution is -0.123. The number of nitrogens with one attached hydrogen (secondary N) is 1. The van der Waals surface area contributed by atoms with Gasteiger partial charge in [0.2, 0.25) is 15.9 Å². The number of sulfonamides is 1. The average molecular weight is 440 g/mol. The zero-order chi connectivity index (χ0) is 15.8. The van der Waals surface area contributed by atoms with E-state index in [4.69, 9.17) is 0 Å². The fourth-order valence-electron chi connectivity index (χ4n) is 2.41. The summed E-state index contributed by atoms with van der Waals surface area (Å²) >= 11 is 6.67. The topological polar surface area (TPSA) is 66.5 Å². The number of carbonyl (C=O) groups is 1. The molecular weight excluding hydrogens is 424 g/mol. The molecule has 0 spiro atoms. The maximum Gasteiger partial charge on any atom is 0.244 e. The van der Waals surface area contributed by atoms with Crippen LogP contribution in [0, 0.1) is 6.92 Å². The highest BCUT2D eigenvalue weighted by Gasteiger charge is 2.39. The molecule has 1 aliphatic rings.